The Labute approximate surface area is 273 Å². The molecule has 2 aromatic carbocycles. The standard InChI is InChI=1S/C35H39N7O4S/c1-40-32-27(14-25(16-30(32)46-2)35(43)42-19-24-11-13-28(42)31(24)36)39-34(40)29-15-23-10-12-26(38-33(23)41(29)18-21-4-5-21)22-8-6-20(7-9-22)17-37-47(3,44)45/h6-10,12,14-16,21,24,28,31,37H,4-5,11,13,17-19,36H2,1-3H3/t24-,28-,31-/m1/s1. The first-order chi connectivity index (χ1) is 22.6. The number of piperidine rings is 1. The third kappa shape index (κ3) is 5.38. The van der Waals surface area contributed by atoms with E-state index in [1.54, 1.807) is 7.11 Å². The second-order valence-corrected chi connectivity index (χ2v) is 15.3. The van der Waals surface area contributed by atoms with E-state index in [1.807, 2.05) is 54.4 Å². The number of nitrogens with one attached hydrogen (secondary N) is 1. The van der Waals surface area contributed by atoms with Crippen LogP contribution in [0.4, 0.5) is 0 Å². The molecule has 8 rings (SSSR count). The zero-order valence-electron chi connectivity index (χ0n) is 26.8. The van der Waals surface area contributed by atoms with E-state index in [2.05, 4.69) is 26.0 Å². The van der Waals surface area contributed by atoms with Gasteiger partial charge in [0.1, 0.15) is 16.9 Å². The van der Waals surface area contributed by atoms with Crippen molar-refractivity contribution in [1.29, 1.82) is 0 Å². The van der Waals surface area contributed by atoms with Gasteiger partial charge < -0.3 is 24.5 Å². The molecule has 3 fully saturated rings. The summed E-state index contributed by atoms with van der Waals surface area (Å²) in [6.45, 7) is 1.79. The number of aryl methyl sites for hydroxylation is 1. The molecule has 3 aliphatic rings. The fourth-order valence-corrected chi connectivity index (χ4v) is 7.92. The second kappa shape index (κ2) is 11.2. The van der Waals surface area contributed by atoms with E-state index in [9.17, 15) is 13.2 Å². The SMILES string of the molecule is COc1cc(C(=O)N2C[C@H]3CC[C@@H]2[C@@H]3N)cc2nc(-c3cc4ccc(-c5ccc(CNS(C)(=O)=O)cc5)nc4n3CC3CC3)n(C)c12. The first-order valence-electron chi connectivity index (χ1n) is 16.2. The van der Waals surface area contributed by atoms with Gasteiger partial charge in [-0.15, -0.1) is 0 Å². The molecule has 5 aromatic rings. The minimum atomic E-state index is -3.27. The number of fused-ring (bicyclic) bond motifs is 4. The second-order valence-electron chi connectivity index (χ2n) is 13.5. The number of methoxy groups -OCH3 is 1. The first kappa shape index (κ1) is 30.1. The topological polar surface area (TPSA) is 137 Å². The van der Waals surface area contributed by atoms with Crippen LogP contribution in [0.2, 0.25) is 0 Å². The Hall–Kier alpha value is -4.26. The molecule has 2 bridgehead atoms. The van der Waals surface area contributed by atoms with Crippen molar-refractivity contribution in [3.05, 3.63) is 65.7 Å². The van der Waals surface area contributed by atoms with Crippen LogP contribution in [0.5, 0.6) is 5.75 Å². The summed E-state index contributed by atoms with van der Waals surface area (Å²) in [4.78, 5) is 25.9. The smallest absolute Gasteiger partial charge is 0.254 e. The van der Waals surface area contributed by atoms with Gasteiger partial charge in [0.05, 0.1) is 30.3 Å². The molecule has 47 heavy (non-hydrogen) atoms. The molecule has 3 atom stereocenters. The van der Waals surface area contributed by atoms with E-state index < -0.39 is 10.0 Å². The number of ether oxygens (including phenoxy) is 1. The van der Waals surface area contributed by atoms with Crippen LogP contribution in [0.25, 0.3) is 44.8 Å². The number of hydrogen-bond donors (Lipinski definition) is 2. The van der Waals surface area contributed by atoms with Crippen molar-refractivity contribution in [1.82, 2.24) is 28.7 Å². The van der Waals surface area contributed by atoms with E-state index in [1.165, 1.54) is 12.8 Å². The summed E-state index contributed by atoms with van der Waals surface area (Å²) in [5.41, 5.74) is 13.1. The van der Waals surface area contributed by atoms with Gasteiger partial charge in [-0.1, -0.05) is 24.3 Å². The van der Waals surface area contributed by atoms with Crippen LogP contribution < -0.4 is 15.2 Å². The lowest BCUT2D eigenvalue weighted by Gasteiger charge is -2.27. The summed E-state index contributed by atoms with van der Waals surface area (Å²) in [6.07, 6.45) is 5.57. The number of sulfonamides is 1. The molecule has 0 spiro atoms. The fraction of sp³-hybridized carbons (Fsp3) is 0.400. The Morgan fingerprint density at radius 2 is 1.83 bits per heavy atom. The Bertz CT molecular complexity index is 2150. The highest BCUT2D eigenvalue weighted by Crippen LogP contribution is 2.40. The summed E-state index contributed by atoms with van der Waals surface area (Å²) in [7, 11) is 0.356. The average Bonchev–Trinajstić information content (AvgIpc) is 3.47. The maximum absolute atomic E-state index is 13.7. The average molecular weight is 654 g/mol. The number of carbonyl (C=O) groups excluding carboxylic acids is 1. The highest BCUT2D eigenvalue weighted by Gasteiger charge is 2.47. The van der Waals surface area contributed by atoms with Crippen LogP contribution in [0.15, 0.2) is 54.6 Å². The fourth-order valence-electron chi connectivity index (χ4n) is 7.49. The third-order valence-corrected chi connectivity index (χ3v) is 10.9. The minimum Gasteiger partial charge on any atom is -0.494 e. The number of aromatic nitrogens is 4. The van der Waals surface area contributed by atoms with Crippen molar-refractivity contribution in [3.8, 4) is 28.5 Å². The number of amides is 1. The monoisotopic (exact) mass is 653 g/mol. The zero-order chi connectivity index (χ0) is 32.6. The first-order valence-corrected chi connectivity index (χ1v) is 18.1. The van der Waals surface area contributed by atoms with Gasteiger partial charge in [0.2, 0.25) is 10.0 Å². The van der Waals surface area contributed by atoms with Gasteiger partial charge in [0, 0.05) is 55.3 Å². The number of rotatable bonds is 9. The number of likely N-dealkylation sites (tertiary alicyclic amines) is 1. The highest BCUT2D eigenvalue weighted by molar-refractivity contribution is 7.88. The van der Waals surface area contributed by atoms with Crippen molar-refractivity contribution in [3.63, 3.8) is 0 Å². The van der Waals surface area contributed by atoms with Gasteiger partial charge >= 0.3 is 0 Å². The summed E-state index contributed by atoms with van der Waals surface area (Å²) in [5, 5.41) is 1.02. The Morgan fingerprint density at radius 3 is 2.49 bits per heavy atom. The molecule has 4 heterocycles. The van der Waals surface area contributed by atoms with Gasteiger partial charge in [-0.2, -0.15) is 0 Å². The lowest BCUT2D eigenvalue weighted by molar-refractivity contribution is 0.0700. The number of imidazole rings is 1. The maximum Gasteiger partial charge on any atom is 0.254 e. The molecular weight excluding hydrogens is 614 g/mol. The van der Waals surface area contributed by atoms with Crippen LogP contribution in [0, 0.1) is 11.8 Å². The highest BCUT2D eigenvalue weighted by atomic mass is 32.2. The van der Waals surface area contributed by atoms with Gasteiger partial charge in [0.25, 0.3) is 5.91 Å². The van der Waals surface area contributed by atoms with Crippen molar-refractivity contribution in [2.75, 3.05) is 19.9 Å². The predicted molar refractivity (Wildman–Crippen MR) is 181 cm³/mol. The van der Waals surface area contributed by atoms with Crippen molar-refractivity contribution in [2.24, 2.45) is 24.6 Å². The minimum absolute atomic E-state index is 0.0145. The maximum atomic E-state index is 13.7. The Morgan fingerprint density at radius 1 is 1.04 bits per heavy atom. The van der Waals surface area contributed by atoms with E-state index in [0.29, 0.717) is 35.2 Å². The van der Waals surface area contributed by atoms with Gasteiger partial charge in [-0.05, 0) is 73.4 Å². The molecule has 1 amide bonds. The number of carbonyl (C=O) groups is 1. The zero-order valence-corrected chi connectivity index (χ0v) is 27.6. The number of nitrogens with two attached hydrogens (primary N) is 1. The summed E-state index contributed by atoms with van der Waals surface area (Å²) in [5.74, 6) is 2.35. The Kier molecular flexibility index (Phi) is 7.16. The van der Waals surface area contributed by atoms with Crippen LogP contribution in [0.3, 0.4) is 0 Å². The molecule has 1 aliphatic heterocycles. The van der Waals surface area contributed by atoms with Crippen LogP contribution >= 0.6 is 0 Å². The van der Waals surface area contributed by atoms with Crippen molar-refractivity contribution >= 4 is 38.0 Å². The number of benzene rings is 2. The van der Waals surface area contributed by atoms with Crippen LogP contribution in [-0.2, 0) is 30.2 Å². The molecular formula is C35H39N7O4S. The molecule has 3 aromatic heterocycles. The molecule has 244 valence electrons. The molecule has 11 nitrogen and oxygen atoms in total. The summed E-state index contributed by atoms with van der Waals surface area (Å²) in [6, 6.07) is 17.9. The normalized spacial score (nSPS) is 20.9. The molecule has 2 aliphatic carbocycles. The van der Waals surface area contributed by atoms with Crippen LogP contribution in [0.1, 0.15) is 41.6 Å². The van der Waals surface area contributed by atoms with E-state index in [0.717, 1.165) is 70.5 Å². The molecule has 12 heteroatoms. The van der Waals surface area contributed by atoms with Crippen molar-refractivity contribution in [2.45, 2.75) is 50.9 Å². The molecule has 3 N–H and O–H groups in total. The lowest BCUT2D eigenvalue weighted by Crippen LogP contribution is -2.41. The summed E-state index contributed by atoms with van der Waals surface area (Å²) >= 11 is 0. The van der Waals surface area contributed by atoms with Crippen LogP contribution in [-0.4, -0.2) is 70.3 Å². The van der Waals surface area contributed by atoms with E-state index >= 15 is 0 Å². The van der Waals surface area contributed by atoms with Crippen molar-refractivity contribution < 1.29 is 17.9 Å². The number of nitrogens with zero attached hydrogens (tertiary/aromatic N) is 5. The quantitative estimate of drug-likeness (QED) is 0.242. The lowest BCUT2D eigenvalue weighted by atomic mass is 10.1. The molecule has 2 saturated carbocycles. The van der Waals surface area contributed by atoms with Gasteiger partial charge in [0.15, 0.2) is 5.82 Å². The Balaban J connectivity index is 1.17. The number of hydrogen-bond acceptors (Lipinski definition) is 7. The third-order valence-electron chi connectivity index (χ3n) is 10.2. The predicted octanol–water partition coefficient (Wildman–Crippen LogP) is 4.29. The van der Waals surface area contributed by atoms with Gasteiger partial charge in [-0.25, -0.2) is 23.1 Å². The van der Waals surface area contributed by atoms with Gasteiger partial charge in [-0.3, -0.25) is 4.79 Å². The van der Waals surface area contributed by atoms with E-state index in [-0.39, 0.29) is 24.5 Å². The van der Waals surface area contributed by atoms with E-state index in [4.69, 9.17) is 20.4 Å². The largest absolute Gasteiger partial charge is 0.494 e. The molecule has 0 unspecified atom stereocenters. The number of pyridine rings is 1. The molecule has 0 radical (unpaired) electrons. The molecule has 1 saturated heterocycles. The summed E-state index contributed by atoms with van der Waals surface area (Å²) < 4.78 is 35.7.